The van der Waals surface area contributed by atoms with Gasteiger partial charge in [0.15, 0.2) is 0 Å². The summed E-state index contributed by atoms with van der Waals surface area (Å²) < 4.78 is 7.31. The van der Waals surface area contributed by atoms with Crippen LogP contribution < -0.4 is 10.6 Å². The maximum atomic E-state index is 13.0. The molecule has 0 bridgehead atoms. The van der Waals surface area contributed by atoms with Crippen LogP contribution in [0.5, 0.6) is 0 Å². The van der Waals surface area contributed by atoms with Gasteiger partial charge >= 0.3 is 0 Å². The van der Waals surface area contributed by atoms with Crippen molar-refractivity contribution in [2.75, 3.05) is 26.2 Å². The molecule has 2 fully saturated rings. The first-order chi connectivity index (χ1) is 17.2. The highest BCUT2D eigenvalue weighted by atomic mass is 32.1. The zero-order valence-electron chi connectivity index (χ0n) is 20.2. The van der Waals surface area contributed by atoms with E-state index in [0.717, 1.165) is 73.7 Å². The molecule has 0 radical (unpaired) electrons. The summed E-state index contributed by atoms with van der Waals surface area (Å²) in [4.78, 5) is 24.7. The van der Waals surface area contributed by atoms with Crippen molar-refractivity contribution in [2.24, 2.45) is 5.41 Å². The van der Waals surface area contributed by atoms with E-state index < -0.39 is 0 Å². The fourth-order valence-corrected chi connectivity index (χ4v) is 8.45. The lowest BCUT2D eigenvalue weighted by molar-refractivity contribution is -0.118. The summed E-state index contributed by atoms with van der Waals surface area (Å²) in [6.07, 6.45) is 13.1. The summed E-state index contributed by atoms with van der Waals surface area (Å²) in [5, 5.41) is 8.00. The number of nitrogens with zero attached hydrogens (tertiary/aromatic N) is 2. The molecular weight excluding hydrogens is 476 g/mol. The highest BCUT2D eigenvalue weighted by Crippen LogP contribution is 2.43. The SMILES string of the molecule is O=C(CCCC[C@H]1CC2(CCNCC2)CO1)Cc1sc2c(c1-c1nc3cnccc3s1)CCNC2. The molecule has 3 aromatic heterocycles. The van der Waals surface area contributed by atoms with Crippen LogP contribution in [0, 0.1) is 5.41 Å². The summed E-state index contributed by atoms with van der Waals surface area (Å²) in [6, 6.07) is 2.03. The number of thiophene rings is 1. The number of hydrogen-bond donors (Lipinski definition) is 2. The van der Waals surface area contributed by atoms with E-state index in [4.69, 9.17) is 9.72 Å². The maximum Gasteiger partial charge on any atom is 0.138 e. The molecule has 0 unspecified atom stereocenters. The van der Waals surface area contributed by atoms with E-state index in [1.165, 1.54) is 40.1 Å². The highest BCUT2D eigenvalue weighted by molar-refractivity contribution is 7.22. The number of rotatable bonds is 8. The lowest BCUT2D eigenvalue weighted by Gasteiger charge is -2.32. The number of Topliss-reactive ketones (excluding diaryl/α,β-unsaturated/α-hetero) is 1. The van der Waals surface area contributed by atoms with Crippen LogP contribution in [0.2, 0.25) is 0 Å². The Hall–Kier alpha value is -1.71. The number of pyridine rings is 1. The molecule has 186 valence electrons. The first-order valence-electron chi connectivity index (χ1n) is 13.1. The van der Waals surface area contributed by atoms with E-state index in [9.17, 15) is 4.79 Å². The summed E-state index contributed by atoms with van der Waals surface area (Å²) in [6.45, 7) is 5.07. The minimum Gasteiger partial charge on any atom is -0.378 e. The van der Waals surface area contributed by atoms with Crippen molar-refractivity contribution < 1.29 is 9.53 Å². The number of nitrogens with one attached hydrogen (secondary N) is 2. The topological polar surface area (TPSA) is 76.1 Å². The summed E-state index contributed by atoms with van der Waals surface area (Å²) in [5.41, 5.74) is 3.99. The van der Waals surface area contributed by atoms with Crippen LogP contribution in [0.25, 0.3) is 20.8 Å². The fourth-order valence-electron chi connectivity index (χ4n) is 6.00. The van der Waals surface area contributed by atoms with E-state index in [1.54, 1.807) is 11.3 Å². The Morgan fingerprint density at radius 1 is 1.17 bits per heavy atom. The molecule has 0 saturated carbocycles. The molecule has 2 saturated heterocycles. The molecule has 6 heterocycles. The zero-order valence-corrected chi connectivity index (χ0v) is 21.9. The van der Waals surface area contributed by atoms with E-state index >= 15 is 0 Å². The van der Waals surface area contributed by atoms with E-state index in [0.29, 0.717) is 30.1 Å². The van der Waals surface area contributed by atoms with E-state index in [-0.39, 0.29) is 0 Å². The smallest absolute Gasteiger partial charge is 0.138 e. The predicted molar refractivity (Wildman–Crippen MR) is 142 cm³/mol. The van der Waals surface area contributed by atoms with Crippen molar-refractivity contribution >= 4 is 38.7 Å². The second-order valence-corrected chi connectivity index (χ2v) is 12.7. The average molecular weight is 511 g/mol. The van der Waals surface area contributed by atoms with Gasteiger partial charge < -0.3 is 15.4 Å². The van der Waals surface area contributed by atoms with Gasteiger partial charge in [-0.3, -0.25) is 9.78 Å². The molecule has 0 aliphatic carbocycles. The van der Waals surface area contributed by atoms with Crippen LogP contribution in [-0.2, 0) is 28.9 Å². The van der Waals surface area contributed by atoms with Gasteiger partial charge in [-0.25, -0.2) is 4.98 Å². The summed E-state index contributed by atoms with van der Waals surface area (Å²) in [7, 11) is 0. The fraction of sp³-hybridized carbons (Fsp3) is 0.593. The normalized spacial score (nSPS) is 21.5. The number of hydrogen-bond acceptors (Lipinski definition) is 8. The third kappa shape index (κ3) is 5.09. The second kappa shape index (κ2) is 10.3. The Kier molecular flexibility index (Phi) is 7.00. The Bertz CT molecular complexity index is 1160. The van der Waals surface area contributed by atoms with Crippen molar-refractivity contribution in [3.05, 3.63) is 33.8 Å². The van der Waals surface area contributed by atoms with Crippen LogP contribution in [-0.4, -0.2) is 48.1 Å². The van der Waals surface area contributed by atoms with Crippen molar-refractivity contribution in [2.45, 2.75) is 70.4 Å². The summed E-state index contributed by atoms with van der Waals surface area (Å²) >= 11 is 3.53. The third-order valence-corrected chi connectivity index (χ3v) is 10.2. The van der Waals surface area contributed by atoms with Crippen LogP contribution in [0.3, 0.4) is 0 Å². The van der Waals surface area contributed by atoms with Gasteiger partial charge in [-0.15, -0.1) is 22.7 Å². The molecule has 6 rings (SSSR count). The minimum absolute atomic E-state index is 0.350. The van der Waals surface area contributed by atoms with Crippen LogP contribution in [0.4, 0.5) is 0 Å². The number of carbonyl (C=O) groups excluding carboxylic acids is 1. The minimum atomic E-state index is 0.350. The maximum absolute atomic E-state index is 13.0. The Morgan fingerprint density at radius 3 is 2.97 bits per heavy atom. The quantitative estimate of drug-likeness (QED) is 0.420. The second-order valence-electron chi connectivity index (χ2n) is 10.4. The number of unbranched alkanes of at least 4 members (excludes halogenated alkanes) is 1. The molecule has 3 aromatic rings. The van der Waals surface area contributed by atoms with Gasteiger partial charge in [0.2, 0.25) is 0 Å². The molecule has 3 aliphatic heterocycles. The third-order valence-electron chi connectivity index (χ3n) is 7.94. The molecule has 8 heteroatoms. The first-order valence-corrected chi connectivity index (χ1v) is 14.7. The van der Waals surface area contributed by atoms with Gasteiger partial charge in [0.05, 0.1) is 23.6 Å². The Balaban J connectivity index is 1.07. The molecule has 1 spiro atoms. The number of thiazole rings is 1. The Labute approximate surface area is 214 Å². The molecule has 6 nitrogen and oxygen atoms in total. The highest BCUT2D eigenvalue weighted by Gasteiger charge is 2.40. The number of ketones is 1. The molecule has 0 amide bonds. The van der Waals surface area contributed by atoms with Gasteiger partial charge in [-0.05, 0) is 75.2 Å². The van der Waals surface area contributed by atoms with Crippen molar-refractivity contribution in [1.82, 2.24) is 20.6 Å². The van der Waals surface area contributed by atoms with Crippen LogP contribution >= 0.6 is 22.7 Å². The van der Waals surface area contributed by atoms with E-state index in [2.05, 4.69) is 15.6 Å². The summed E-state index contributed by atoms with van der Waals surface area (Å²) in [5.74, 6) is 0.350. The largest absolute Gasteiger partial charge is 0.378 e. The van der Waals surface area contributed by atoms with Crippen molar-refractivity contribution in [3.63, 3.8) is 0 Å². The number of ether oxygens (including phenoxy) is 1. The number of aromatic nitrogens is 2. The standard InChI is InChI=1S/C27H34N4O2S2/c32-18(3-1-2-4-19-14-27(17-33-19)7-11-28-12-8-27)13-23-25(20-5-9-30-16-24(20)34-23)26-31-21-15-29-10-6-22(21)35-26/h6,10,15,19,28,30H,1-5,7-9,11-14,16-17H2/t19-/m0/s1. The predicted octanol–water partition coefficient (Wildman–Crippen LogP) is 4.90. The van der Waals surface area contributed by atoms with Gasteiger partial charge in [-0.1, -0.05) is 6.42 Å². The van der Waals surface area contributed by atoms with Gasteiger partial charge in [-0.2, -0.15) is 0 Å². The number of piperidine rings is 1. The monoisotopic (exact) mass is 510 g/mol. The first kappa shape index (κ1) is 23.7. The Morgan fingerprint density at radius 2 is 2.09 bits per heavy atom. The lowest BCUT2D eigenvalue weighted by atomic mass is 9.77. The average Bonchev–Trinajstić information content (AvgIpc) is 3.57. The zero-order chi connectivity index (χ0) is 23.7. The molecular formula is C27H34N4O2S2. The molecule has 1 atom stereocenters. The molecule has 3 aliphatic rings. The van der Waals surface area contributed by atoms with Crippen molar-refractivity contribution in [3.8, 4) is 10.6 Å². The lowest BCUT2D eigenvalue weighted by Crippen LogP contribution is -2.37. The van der Waals surface area contributed by atoms with Crippen molar-refractivity contribution in [1.29, 1.82) is 0 Å². The molecule has 0 aromatic carbocycles. The number of fused-ring (bicyclic) bond motifs is 2. The van der Waals surface area contributed by atoms with Crippen LogP contribution in [0.15, 0.2) is 18.5 Å². The van der Waals surface area contributed by atoms with Gasteiger partial charge in [0.1, 0.15) is 16.3 Å². The van der Waals surface area contributed by atoms with E-state index in [1.807, 2.05) is 29.8 Å². The van der Waals surface area contributed by atoms with Gasteiger partial charge in [0.25, 0.3) is 0 Å². The molecule has 2 N–H and O–H groups in total. The number of carbonyl (C=O) groups is 1. The molecule has 35 heavy (non-hydrogen) atoms. The van der Waals surface area contributed by atoms with Gasteiger partial charge in [0, 0.05) is 40.9 Å². The van der Waals surface area contributed by atoms with Crippen LogP contribution in [0.1, 0.15) is 60.3 Å².